The number of aliphatic imine (C=N–C) groups is 1. The third-order valence-corrected chi connectivity index (χ3v) is 2.69. The fourth-order valence-electron chi connectivity index (χ4n) is 1.70. The Kier molecular flexibility index (Phi) is 8.11. The van der Waals surface area contributed by atoms with Crippen molar-refractivity contribution in [1.29, 1.82) is 0 Å². The number of morpholine rings is 1. The molecule has 4 nitrogen and oxygen atoms in total. The summed E-state index contributed by atoms with van der Waals surface area (Å²) in [7, 11) is 0. The molecule has 0 saturated carbocycles. The van der Waals surface area contributed by atoms with Gasteiger partial charge in [-0.05, 0) is 18.3 Å². The third-order valence-electron chi connectivity index (χ3n) is 2.69. The highest BCUT2D eigenvalue weighted by atomic mass is 127. The lowest BCUT2D eigenvalue weighted by Crippen LogP contribution is -2.44. The monoisotopic (exact) mass is 355 g/mol. The number of hydrogen-bond acceptors (Lipinski definition) is 2. The van der Waals surface area contributed by atoms with Crippen LogP contribution in [0.15, 0.2) is 4.99 Å². The molecule has 0 aromatic heterocycles. The first-order chi connectivity index (χ1) is 7.49. The van der Waals surface area contributed by atoms with E-state index in [9.17, 15) is 0 Å². The molecule has 102 valence electrons. The molecule has 0 atom stereocenters. The Bertz CT molecular complexity index is 232. The van der Waals surface area contributed by atoms with Crippen LogP contribution in [0.2, 0.25) is 0 Å². The van der Waals surface area contributed by atoms with Crippen molar-refractivity contribution in [2.75, 3.05) is 32.8 Å². The molecule has 1 fully saturated rings. The van der Waals surface area contributed by atoms with E-state index in [2.05, 4.69) is 30.7 Å². The summed E-state index contributed by atoms with van der Waals surface area (Å²) in [6, 6.07) is 0. The number of hydrogen-bond donors (Lipinski definition) is 1. The summed E-state index contributed by atoms with van der Waals surface area (Å²) in [6.45, 7) is 10.9. The van der Waals surface area contributed by atoms with E-state index in [4.69, 9.17) is 10.5 Å². The van der Waals surface area contributed by atoms with Crippen LogP contribution in [-0.4, -0.2) is 43.7 Å². The average molecular weight is 355 g/mol. The second-order valence-electron chi connectivity index (χ2n) is 5.50. The van der Waals surface area contributed by atoms with E-state index in [0.717, 1.165) is 39.3 Å². The number of nitrogens with zero attached hydrogens (tertiary/aromatic N) is 2. The lowest BCUT2D eigenvalue weighted by molar-refractivity contribution is 0.0674. The molecule has 5 heteroatoms. The van der Waals surface area contributed by atoms with E-state index >= 15 is 0 Å². The Balaban J connectivity index is 0.00000256. The van der Waals surface area contributed by atoms with Gasteiger partial charge in [-0.2, -0.15) is 0 Å². The van der Waals surface area contributed by atoms with Gasteiger partial charge in [-0.3, -0.25) is 4.99 Å². The average Bonchev–Trinajstić information content (AvgIpc) is 2.24. The SMILES string of the molecule is CC(C)(C)CCCN=C(N)N1CCOCC1.I. The molecule has 17 heavy (non-hydrogen) atoms. The molecule has 0 aromatic carbocycles. The molecule has 1 aliphatic heterocycles. The highest BCUT2D eigenvalue weighted by Crippen LogP contribution is 2.20. The highest BCUT2D eigenvalue weighted by molar-refractivity contribution is 14.0. The number of guanidine groups is 1. The molecule has 0 spiro atoms. The van der Waals surface area contributed by atoms with Crippen LogP contribution in [0, 0.1) is 5.41 Å². The zero-order valence-electron chi connectivity index (χ0n) is 11.2. The Labute approximate surface area is 122 Å². The minimum Gasteiger partial charge on any atom is -0.378 e. The Morgan fingerprint density at radius 2 is 1.88 bits per heavy atom. The molecule has 0 unspecified atom stereocenters. The number of halogens is 1. The van der Waals surface area contributed by atoms with Crippen molar-refractivity contribution in [3.8, 4) is 0 Å². The second kappa shape index (κ2) is 8.13. The number of ether oxygens (including phenoxy) is 1. The van der Waals surface area contributed by atoms with Gasteiger partial charge in [-0.25, -0.2) is 0 Å². The molecule has 0 radical (unpaired) electrons. The van der Waals surface area contributed by atoms with Crippen LogP contribution in [0.25, 0.3) is 0 Å². The Hall–Kier alpha value is -0.0400. The van der Waals surface area contributed by atoms with Crippen molar-refractivity contribution in [3.63, 3.8) is 0 Å². The lowest BCUT2D eigenvalue weighted by atomic mass is 9.91. The summed E-state index contributed by atoms with van der Waals surface area (Å²) in [5.74, 6) is 0.678. The van der Waals surface area contributed by atoms with Gasteiger partial charge < -0.3 is 15.4 Å². The van der Waals surface area contributed by atoms with E-state index in [0.29, 0.717) is 11.4 Å². The minimum atomic E-state index is 0. The summed E-state index contributed by atoms with van der Waals surface area (Å²) in [5.41, 5.74) is 6.31. The van der Waals surface area contributed by atoms with Gasteiger partial charge >= 0.3 is 0 Å². The van der Waals surface area contributed by atoms with Crippen LogP contribution < -0.4 is 5.73 Å². The summed E-state index contributed by atoms with van der Waals surface area (Å²) in [6.07, 6.45) is 2.29. The molecule has 2 N–H and O–H groups in total. The van der Waals surface area contributed by atoms with E-state index in [1.54, 1.807) is 0 Å². The first kappa shape index (κ1) is 17.0. The van der Waals surface area contributed by atoms with Crippen LogP contribution >= 0.6 is 24.0 Å². The summed E-state index contributed by atoms with van der Waals surface area (Å²) < 4.78 is 5.27. The van der Waals surface area contributed by atoms with Crippen LogP contribution in [0.3, 0.4) is 0 Å². The maximum atomic E-state index is 5.92. The van der Waals surface area contributed by atoms with Gasteiger partial charge in [-0.15, -0.1) is 24.0 Å². The van der Waals surface area contributed by atoms with Crippen LogP contribution in [-0.2, 0) is 4.74 Å². The summed E-state index contributed by atoms with van der Waals surface area (Å²) in [4.78, 5) is 6.51. The van der Waals surface area contributed by atoms with Crippen LogP contribution in [0.4, 0.5) is 0 Å². The summed E-state index contributed by atoms with van der Waals surface area (Å²) in [5, 5.41) is 0. The fourth-order valence-corrected chi connectivity index (χ4v) is 1.70. The fraction of sp³-hybridized carbons (Fsp3) is 0.917. The first-order valence-electron chi connectivity index (χ1n) is 6.12. The quantitative estimate of drug-likeness (QED) is 0.365. The van der Waals surface area contributed by atoms with Gasteiger partial charge in [0.05, 0.1) is 13.2 Å². The number of nitrogens with two attached hydrogens (primary N) is 1. The van der Waals surface area contributed by atoms with Crippen molar-refractivity contribution >= 4 is 29.9 Å². The van der Waals surface area contributed by atoms with Crippen LogP contribution in [0.5, 0.6) is 0 Å². The first-order valence-corrected chi connectivity index (χ1v) is 6.12. The van der Waals surface area contributed by atoms with Gasteiger partial charge in [0, 0.05) is 19.6 Å². The molecule has 0 amide bonds. The zero-order valence-corrected chi connectivity index (χ0v) is 13.6. The van der Waals surface area contributed by atoms with Crippen molar-refractivity contribution < 1.29 is 4.74 Å². The van der Waals surface area contributed by atoms with Gasteiger partial charge in [-0.1, -0.05) is 20.8 Å². The molecule has 1 aliphatic rings. The standard InChI is InChI=1S/C12H25N3O.HI/c1-12(2,3)5-4-6-14-11(13)15-7-9-16-10-8-15;/h4-10H2,1-3H3,(H2,13,14);1H. The van der Waals surface area contributed by atoms with Crippen molar-refractivity contribution in [1.82, 2.24) is 4.90 Å². The van der Waals surface area contributed by atoms with Gasteiger partial charge in [0.2, 0.25) is 0 Å². The zero-order chi connectivity index (χ0) is 12.0. The van der Waals surface area contributed by atoms with Crippen molar-refractivity contribution in [2.45, 2.75) is 33.6 Å². The van der Waals surface area contributed by atoms with E-state index < -0.39 is 0 Å². The van der Waals surface area contributed by atoms with Crippen molar-refractivity contribution in [2.24, 2.45) is 16.1 Å². The predicted molar refractivity (Wildman–Crippen MR) is 83.0 cm³/mol. The number of rotatable bonds is 3. The van der Waals surface area contributed by atoms with Crippen LogP contribution in [0.1, 0.15) is 33.6 Å². The third kappa shape index (κ3) is 7.81. The topological polar surface area (TPSA) is 50.8 Å². The normalized spacial score (nSPS) is 17.8. The molecular weight excluding hydrogens is 329 g/mol. The molecule has 1 rings (SSSR count). The molecule has 0 aliphatic carbocycles. The molecule has 0 aromatic rings. The van der Waals surface area contributed by atoms with Gasteiger partial charge in [0.25, 0.3) is 0 Å². The Morgan fingerprint density at radius 3 is 2.41 bits per heavy atom. The van der Waals surface area contributed by atoms with Gasteiger partial charge in [0.15, 0.2) is 5.96 Å². The maximum absolute atomic E-state index is 5.92. The maximum Gasteiger partial charge on any atom is 0.191 e. The molecular formula is C12H26IN3O. The predicted octanol–water partition coefficient (Wildman–Crippen LogP) is 2.08. The van der Waals surface area contributed by atoms with Crippen molar-refractivity contribution in [3.05, 3.63) is 0 Å². The molecule has 1 saturated heterocycles. The molecule has 0 bridgehead atoms. The lowest BCUT2D eigenvalue weighted by Gasteiger charge is -2.27. The second-order valence-corrected chi connectivity index (χ2v) is 5.50. The van der Waals surface area contributed by atoms with E-state index in [-0.39, 0.29) is 24.0 Å². The largest absolute Gasteiger partial charge is 0.378 e. The Morgan fingerprint density at radius 1 is 1.29 bits per heavy atom. The minimum absolute atomic E-state index is 0. The highest BCUT2D eigenvalue weighted by Gasteiger charge is 2.12. The summed E-state index contributed by atoms with van der Waals surface area (Å²) >= 11 is 0. The van der Waals surface area contributed by atoms with E-state index in [1.807, 2.05) is 0 Å². The molecule has 1 heterocycles. The smallest absolute Gasteiger partial charge is 0.191 e. The van der Waals surface area contributed by atoms with E-state index in [1.165, 1.54) is 6.42 Å². The van der Waals surface area contributed by atoms with Gasteiger partial charge in [0.1, 0.15) is 0 Å².